The van der Waals surface area contributed by atoms with Gasteiger partial charge in [-0.15, -0.1) is 0 Å². The molecule has 1 aromatic carbocycles. The van der Waals surface area contributed by atoms with Crippen LogP contribution in [0.3, 0.4) is 0 Å². The van der Waals surface area contributed by atoms with E-state index in [9.17, 15) is 4.39 Å². The van der Waals surface area contributed by atoms with Crippen molar-refractivity contribution in [1.29, 1.82) is 0 Å². The first-order chi connectivity index (χ1) is 8.29. The summed E-state index contributed by atoms with van der Waals surface area (Å²) in [5.74, 6) is 5.28. The van der Waals surface area contributed by atoms with Gasteiger partial charge in [0.05, 0.1) is 6.04 Å². The molecule has 0 fully saturated rings. The van der Waals surface area contributed by atoms with Gasteiger partial charge < -0.3 is 0 Å². The smallest absolute Gasteiger partial charge is 0.123 e. The number of hydrogen-bond acceptors (Lipinski definition) is 3. The first kappa shape index (κ1) is 11.7. The van der Waals surface area contributed by atoms with Crippen LogP contribution in [0, 0.1) is 5.82 Å². The van der Waals surface area contributed by atoms with E-state index < -0.39 is 0 Å². The average Bonchev–Trinajstić information content (AvgIpc) is 2.38. The van der Waals surface area contributed by atoms with Crippen molar-refractivity contribution in [2.24, 2.45) is 5.84 Å². The summed E-state index contributed by atoms with van der Waals surface area (Å²) in [5.41, 5.74) is 4.78. The molecule has 0 aliphatic rings. The molecule has 1 heterocycles. The molecule has 2 rings (SSSR count). The van der Waals surface area contributed by atoms with Crippen molar-refractivity contribution in [2.75, 3.05) is 0 Å². The van der Waals surface area contributed by atoms with Gasteiger partial charge in [0.15, 0.2) is 0 Å². The zero-order valence-corrected chi connectivity index (χ0v) is 9.31. The summed E-state index contributed by atoms with van der Waals surface area (Å²) in [6.45, 7) is 0. The Morgan fingerprint density at radius 2 is 2.00 bits per heavy atom. The van der Waals surface area contributed by atoms with Crippen LogP contribution in [0.15, 0.2) is 48.8 Å². The lowest BCUT2D eigenvalue weighted by Crippen LogP contribution is -2.29. The second kappa shape index (κ2) is 5.52. The van der Waals surface area contributed by atoms with Gasteiger partial charge in [-0.25, -0.2) is 4.39 Å². The van der Waals surface area contributed by atoms with E-state index in [1.807, 2.05) is 12.1 Å². The van der Waals surface area contributed by atoms with E-state index in [2.05, 4.69) is 10.4 Å². The lowest BCUT2D eigenvalue weighted by Gasteiger charge is -2.16. The minimum atomic E-state index is -0.245. The van der Waals surface area contributed by atoms with E-state index in [0.29, 0.717) is 0 Å². The maximum absolute atomic E-state index is 12.8. The molecule has 1 unspecified atom stereocenters. The molecule has 17 heavy (non-hydrogen) atoms. The number of hydrazine groups is 1. The molecule has 0 radical (unpaired) electrons. The Morgan fingerprint density at radius 3 is 2.59 bits per heavy atom. The number of halogens is 1. The molecule has 4 heteroatoms. The topological polar surface area (TPSA) is 50.9 Å². The van der Waals surface area contributed by atoms with Crippen LogP contribution in [-0.4, -0.2) is 4.98 Å². The Morgan fingerprint density at radius 1 is 1.24 bits per heavy atom. The second-order valence-electron chi connectivity index (χ2n) is 3.84. The fraction of sp³-hybridized carbons (Fsp3) is 0.154. The highest BCUT2D eigenvalue weighted by molar-refractivity contribution is 5.22. The molecule has 88 valence electrons. The minimum absolute atomic E-state index is 0.0419. The van der Waals surface area contributed by atoms with E-state index in [0.717, 1.165) is 17.5 Å². The average molecular weight is 231 g/mol. The van der Waals surface area contributed by atoms with Crippen molar-refractivity contribution in [3.63, 3.8) is 0 Å². The number of nitrogens with zero attached hydrogens (tertiary/aromatic N) is 1. The maximum atomic E-state index is 12.8. The molecule has 0 saturated carbocycles. The maximum Gasteiger partial charge on any atom is 0.123 e. The standard InChI is InChI=1S/C13H14FN3/c14-12-5-3-11(4-6-12)13(17-15)8-10-2-1-7-16-9-10/h1-7,9,13,17H,8,15H2. The molecular formula is C13H14FN3. The number of nitrogens with one attached hydrogen (secondary N) is 1. The van der Waals surface area contributed by atoms with E-state index >= 15 is 0 Å². The predicted molar refractivity (Wildman–Crippen MR) is 64.4 cm³/mol. The molecular weight excluding hydrogens is 217 g/mol. The molecule has 0 spiro atoms. The van der Waals surface area contributed by atoms with E-state index in [1.165, 1.54) is 12.1 Å². The third-order valence-electron chi connectivity index (χ3n) is 2.64. The van der Waals surface area contributed by atoms with Crippen molar-refractivity contribution >= 4 is 0 Å². The molecule has 1 aromatic heterocycles. The third kappa shape index (κ3) is 3.09. The highest BCUT2D eigenvalue weighted by Crippen LogP contribution is 2.17. The number of hydrogen-bond donors (Lipinski definition) is 2. The van der Waals surface area contributed by atoms with Crippen molar-refractivity contribution in [3.8, 4) is 0 Å². The highest BCUT2D eigenvalue weighted by atomic mass is 19.1. The first-order valence-electron chi connectivity index (χ1n) is 5.40. The summed E-state index contributed by atoms with van der Waals surface area (Å²) in [5, 5.41) is 0. The fourth-order valence-corrected chi connectivity index (χ4v) is 1.72. The molecule has 0 saturated heterocycles. The van der Waals surface area contributed by atoms with Gasteiger partial charge in [0, 0.05) is 12.4 Å². The number of aromatic nitrogens is 1. The predicted octanol–water partition coefficient (Wildman–Crippen LogP) is 1.97. The Labute approximate surface area is 99.5 Å². The van der Waals surface area contributed by atoms with Crippen molar-refractivity contribution in [3.05, 3.63) is 65.7 Å². The summed E-state index contributed by atoms with van der Waals surface area (Å²) in [7, 11) is 0. The van der Waals surface area contributed by atoms with Gasteiger partial charge in [0.2, 0.25) is 0 Å². The zero-order valence-electron chi connectivity index (χ0n) is 9.31. The number of nitrogens with two attached hydrogens (primary N) is 1. The summed E-state index contributed by atoms with van der Waals surface area (Å²) in [4.78, 5) is 4.05. The molecule has 0 aliphatic carbocycles. The number of benzene rings is 1. The minimum Gasteiger partial charge on any atom is -0.271 e. The van der Waals surface area contributed by atoms with Crippen LogP contribution in [0.2, 0.25) is 0 Å². The van der Waals surface area contributed by atoms with Gasteiger partial charge in [0.1, 0.15) is 5.82 Å². The summed E-state index contributed by atoms with van der Waals surface area (Å²) < 4.78 is 12.8. The Hall–Kier alpha value is -1.78. The molecule has 0 aliphatic heterocycles. The van der Waals surface area contributed by atoms with Crippen LogP contribution in [0.1, 0.15) is 17.2 Å². The number of pyridine rings is 1. The van der Waals surface area contributed by atoms with Crippen LogP contribution in [0.4, 0.5) is 4.39 Å². The molecule has 1 atom stereocenters. The highest BCUT2D eigenvalue weighted by Gasteiger charge is 2.10. The molecule has 3 nitrogen and oxygen atoms in total. The van der Waals surface area contributed by atoms with E-state index in [4.69, 9.17) is 5.84 Å². The fourth-order valence-electron chi connectivity index (χ4n) is 1.72. The second-order valence-corrected chi connectivity index (χ2v) is 3.84. The summed E-state index contributed by atoms with van der Waals surface area (Å²) in [6, 6.07) is 10.2. The SMILES string of the molecule is NNC(Cc1cccnc1)c1ccc(F)cc1. The Bertz CT molecular complexity index is 456. The first-order valence-corrected chi connectivity index (χ1v) is 5.40. The van der Waals surface area contributed by atoms with Gasteiger partial charge in [-0.3, -0.25) is 16.3 Å². The van der Waals surface area contributed by atoms with Gasteiger partial charge in [-0.2, -0.15) is 0 Å². The third-order valence-corrected chi connectivity index (χ3v) is 2.64. The van der Waals surface area contributed by atoms with Gasteiger partial charge in [-0.05, 0) is 35.7 Å². The van der Waals surface area contributed by atoms with Crippen LogP contribution >= 0.6 is 0 Å². The molecule has 0 amide bonds. The Kier molecular flexibility index (Phi) is 3.80. The normalized spacial score (nSPS) is 12.4. The quantitative estimate of drug-likeness (QED) is 0.624. The van der Waals surface area contributed by atoms with Crippen LogP contribution in [-0.2, 0) is 6.42 Å². The number of rotatable bonds is 4. The molecule has 0 bridgehead atoms. The monoisotopic (exact) mass is 231 g/mol. The van der Waals surface area contributed by atoms with Gasteiger partial charge in [-0.1, -0.05) is 18.2 Å². The van der Waals surface area contributed by atoms with Crippen LogP contribution in [0.25, 0.3) is 0 Å². The zero-order chi connectivity index (χ0) is 12.1. The molecule has 3 N–H and O–H groups in total. The van der Waals surface area contributed by atoms with Crippen molar-refractivity contribution < 1.29 is 4.39 Å². The van der Waals surface area contributed by atoms with Gasteiger partial charge >= 0.3 is 0 Å². The summed E-state index contributed by atoms with van der Waals surface area (Å²) in [6.07, 6.45) is 4.25. The van der Waals surface area contributed by atoms with E-state index in [-0.39, 0.29) is 11.9 Å². The lowest BCUT2D eigenvalue weighted by atomic mass is 10.0. The summed E-state index contributed by atoms with van der Waals surface area (Å²) >= 11 is 0. The Balaban J connectivity index is 2.14. The van der Waals surface area contributed by atoms with Crippen molar-refractivity contribution in [2.45, 2.75) is 12.5 Å². The largest absolute Gasteiger partial charge is 0.271 e. The van der Waals surface area contributed by atoms with Crippen LogP contribution < -0.4 is 11.3 Å². The van der Waals surface area contributed by atoms with Crippen LogP contribution in [0.5, 0.6) is 0 Å². The van der Waals surface area contributed by atoms with Crippen molar-refractivity contribution in [1.82, 2.24) is 10.4 Å². The lowest BCUT2D eigenvalue weighted by molar-refractivity contribution is 0.548. The van der Waals surface area contributed by atoms with Gasteiger partial charge in [0.25, 0.3) is 0 Å². The van der Waals surface area contributed by atoms with E-state index in [1.54, 1.807) is 24.5 Å². The molecule has 2 aromatic rings.